The first-order valence-electron chi connectivity index (χ1n) is 7.79. The van der Waals surface area contributed by atoms with E-state index in [2.05, 4.69) is 10.6 Å². The van der Waals surface area contributed by atoms with Crippen molar-refractivity contribution in [1.82, 2.24) is 10.6 Å². The number of benzene rings is 2. The fourth-order valence-electron chi connectivity index (χ4n) is 2.48. The number of hydrogen-bond acceptors (Lipinski definition) is 5. The lowest BCUT2D eigenvalue weighted by Gasteiger charge is -2.09. The molecular weight excluding hydrogens is 323 g/mol. The molecular formula is C17H17BN2O5. The Kier molecular flexibility index (Phi) is 5.32. The average molecular weight is 340 g/mol. The van der Waals surface area contributed by atoms with Crippen LogP contribution in [0.5, 0.6) is 11.5 Å². The Bertz CT molecular complexity index is 766. The van der Waals surface area contributed by atoms with Crippen molar-refractivity contribution in [3.05, 3.63) is 53.6 Å². The van der Waals surface area contributed by atoms with Crippen LogP contribution < -0.4 is 20.8 Å². The minimum atomic E-state index is -0.861. The Morgan fingerprint density at radius 1 is 1.24 bits per heavy atom. The minimum absolute atomic E-state index is 0.0402. The van der Waals surface area contributed by atoms with E-state index in [4.69, 9.17) is 9.39 Å². The van der Waals surface area contributed by atoms with Gasteiger partial charge in [-0.2, -0.15) is 0 Å². The molecule has 1 aliphatic heterocycles. The van der Waals surface area contributed by atoms with Crippen LogP contribution >= 0.6 is 0 Å². The highest BCUT2D eigenvalue weighted by atomic mass is 16.5. The molecule has 0 atom stereocenters. The van der Waals surface area contributed by atoms with Gasteiger partial charge in [0.1, 0.15) is 11.5 Å². The van der Waals surface area contributed by atoms with E-state index >= 15 is 0 Å². The van der Waals surface area contributed by atoms with Crippen LogP contribution in [0.3, 0.4) is 0 Å². The maximum atomic E-state index is 11.4. The van der Waals surface area contributed by atoms with Crippen LogP contribution in [0.2, 0.25) is 0 Å². The van der Waals surface area contributed by atoms with Crippen LogP contribution in [0.1, 0.15) is 11.1 Å². The summed E-state index contributed by atoms with van der Waals surface area (Å²) in [6.07, 6.45) is 0.484. The smallest absolute Gasteiger partial charge is 0.457 e. The van der Waals surface area contributed by atoms with Crippen LogP contribution in [-0.4, -0.2) is 31.0 Å². The molecule has 2 aromatic rings. The zero-order valence-electron chi connectivity index (χ0n) is 13.4. The third kappa shape index (κ3) is 4.37. The molecule has 0 aliphatic carbocycles. The number of hydrogen-bond donors (Lipinski definition) is 3. The van der Waals surface area contributed by atoms with Crippen molar-refractivity contribution in [3.63, 3.8) is 0 Å². The molecule has 0 saturated heterocycles. The quantitative estimate of drug-likeness (QED) is 0.489. The van der Waals surface area contributed by atoms with Crippen LogP contribution in [0.4, 0.5) is 0 Å². The molecule has 7 nitrogen and oxygen atoms in total. The van der Waals surface area contributed by atoms with Crippen molar-refractivity contribution in [2.75, 3.05) is 6.54 Å². The van der Waals surface area contributed by atoms with Gasteiger partial charge < -0.3 is 25.0 Å². The largest absolute Gasteiger partial charge is 0.491 e. The third-order valence-corrected chi connectivity index (χ3v) is 3.77. The van der Waals surface area contributed by atoms with E-state index in [1.807, 2.05) is 30.3 Å². The average Bonchev–Trinajstić information content (AvgIpc) is 3.00. The predicted molar refractivity (Wildman–Crippen MR) is 91.3 cm³/mol. The molecule has 128 valence electrons. The number of carbonyl (C=O) groups is 2. The van der Waals surface area contributed by atoms with Crippen LogP contribution in [0.25, 0.3) is 0 Å². The molecule has 0 spiro atoms. The normalized spacial score (nSPS) is 12.4. The molecule has 0 radical (unpaired) electrons. The SMILES string of the molecule is O=CNCC(=O)NCc1ccc(Oc2ccc3c(c2)COB3O)cc1. The molecule has 25 heavy (non-hydrogen) atoms. The molecule has 1 heterocycles. The molecule has 2 amide bonds. The van der Waals surface area contributed by atoms with Crippen molar-refractivity contribution >= 4 is 24.9 Å². The predicted octanol–water partition coefficient (Wildman–Crippen LogP) is 0.0588. The van der Waals surface area contributed by atoms with Gasteiger partial charge >= 0.3 is 7.12 Å². The molecule has 8 heteroatoms. The van der Waals surface area contributed by atoms with Gasteiger partial charge in [-0.1, -0.05) is 18.2 Å². The lowest BCUT2D eigenvalue weighted by atomic mass is 9.80. The van der Waals surface area contributed by atoms with Gasteiger partial charge in [-0.15, -0.1) is 0 Å². The van der Waals surface area contributed by atoms with Gasteiger partial charge in [0.25, 0.3) is 0 Å². The van der Waals surface area contributed by atoms with Crippen LogP contribution in [-0.2, 0) is 27.4 Å². The molecule has 0 bridgehead atoms. The molecule has 0 aromatic heterocycles. The van der Waals surface area contributed by atoms with E-state index in [9.17, 15) is 14.6 Å². The minimum Gasteiger partial charge on any atom is -0.457 e. The Morgan fingerprint density at radius 2 is 2.00 bits per heavy atom. The summed E-state index contributed by atoms with van der Waals surface area (Å²) >= 11 is 0. The Morgan fingerprint density at radius 3 is 2.76 bits per heavy atom. The van der Waals surface area contributed by atoms with Crippen molar-refractivity contribution in [3.8, 4) is 11.5 Å². The summed E-state index contributed by atoms with van der Waals surface area (Å²) in [7, 11) is -0.861. The van der Waals surface area contributed by atoms with Crippen LogP contribution in [0.15, 0.2) is 42.5 Å². The number of nitrogens with one attached hydrogen (secondary N) is 2. The van der Waals surface area contributed by atoms with E-state index in [0.717, 1.165) is 16.6 Å². The number of amides is 2. The summed E-state index contributed by atoms with van der Waals surface area (Å²) in [5, 5.41) is 14.6. The van der Waals surface area contributed by atoms with E-state index in [1.54, 1.807) is 12.1 Å². The van der Waals surface area contributed by atoms with E-state index in [1.165, 1.54) is 0 Å². The number of fused-ring (bicyclic) bond motifs is 1. The summed E-state index contributed by atoms with van der Waals surface area (Å²) in [5.41, 5.74) is 2.59. The van der Waals surface area contributed by atoms with Gasteiger partial charge in [-0.05, 0) is 40.9 Å². The fraction of sp³-hybridized carbons (Fsp3) is 0.176. The Hall–Kier alpha value is -2.84. The molecule has 3 rings (SSSR count). The molecule has 3 N–H and O–H groups in total. The summed E-state index contributed by atoms with van der Waals surface area (Å²) < 4.78 is 11.0. The monoisotopic (exact) mass is 340 g/mol. The van der Waals surface area contributed by atoms with E-state index in [0.29, 0.717) is 31.1 Å². The first-order valence-corrected chi connectivity index (χ1v) is 7.79. The second-order valence-electron chi connectivity index (χ2n) is 5.55. The number of carbonyl (C=O) groups excluding carboxylic acids is 2. The maximum Gasteiger partial charge on any atom is 0.491 e. The zero-order chi connectivity index (χ0) is 17.6. The topological polar surface area (TPSA) is 96.9 Å². The van der Waals surface area contributed by atoms with Crippen molar-refractivity contribution in [2.24, 2.45) is 0 Å². The first-order chi connectivity index (χ1) is 12.2. The van der Waals surface area contributed by atoms with Gasteiger partial charge in [0.15, 0.2) is 0 Å². The highest BCUT2D eigenvalue weighted by Gasteiger charge is 2.27. The molecule has 2 aromatic carbocycles. The van der Waals surface area contributed by atoms with Crippen LogP contribution in [0, 0.1) is 0 Å². The highest BCUT2D eigenvalue weighted by Crippen LogP contribution is 2.24. The van der Waals surface area contributed by atoms with Crippen molar-refractivity contribution < 1.29 is 24.0 Å². The molecule has 0 saturated carbocycles. The van der Waals surface area contributed by atoms with Gasteiger partial charge in [0.05, 0.1) is 13.2 Å². The van der Waals surface area contributed by atoms with E-state index < -0.39 is 7.12 Å². The molecule has 1 aliphatic rings. The van der Waals surface area contributed by atoms with Gasteiger partial charge in [-0.25, -0.2) is 0 Å². The lowest BCUT2D eigenvalue weighted by Crippen LogP contribution is -2.32. The molecule has 0 unspecified atom stereocenters. The second kappa shape index (κ2) is 7.82. The maximum absolute atomic E-state index is 11.4. The lowest BCUT2D eigenvalue weighted by molar-refractivity contribution is -0.122. The first kappa shape index (κ1) is 17.0. The standard InChI is InChI=1S/C17H17BN2O5/c21-11-19-9-17(22)20-8-12-1-3-14(4-2-12)25-15-5-6-16-13(7-15)10-24-18(16)23/h1-7,11,23H,8-10H2,(H,19,21)(H,20,22). The van der Waals surface area contributed by atoms with Gasteiger partial charge in [0.2, 0.25) is 12.3 Å². The number of rotatable bonds is 7. The summed E-state index contributed by atoms with van der Waals surface area (Å²) in [6, 6.07) is 12.7. The second-order valence-corrected chi connectivity index (χ2v) is 5.55. The fourth-order valence-corrected chi connectivity index (χ4v) is 2.48. The Labute approximate surface area is 145 Å². The van der Waals surface area contributed by atoms with Crippen molar-refractivity contribution in [2.45, 2.75) is 13.2 Å². The Balaban J connectivity index is 1.56. The zero-order valence-corrected chi connectivity index (χ0v) is 13.4. The van der Waals surface area contributed by atoms with Gasteiger partial charge in [0, 0.05) is 6.54 Å². The molecule has 0 fully saturated rings. The highest BCUT2D eigenvalue weighted by molar-refractivity contribution is 6.61. The van der Waals surface area contributed by atoms with Crippen molar-refractivity contribution in [1.29, 1.82) is 0 Å². The summed E-state index contributed by atoms with van der Waals surface area (Å²) in [6.45, 7) is 0.695. The van der Waals surface area contributed by atoms with Gasteiger partial charge in [-0.3, -0.25) is 9.59 Å². The summed E-state index contributed by atoms with van der Waals surface area (Å²) in [5.74, 6) is 1.07. The van der Waals surface area contributed by atoms with E-state index in [-0.39, 0.29) is 12.5 Å². The summed E-state index contributed by atoms with van der Waals surface area (Å²) in [4.78, 5) is 21.5. The third-order valence-electron chi connectivity index (χ3n) is 3.77. The number of ether oxygens (including phenoxy) is 1.